The van der Waals surface area contributed by atoms with Gasteiger partial charge in [-0.1, -0.05) is 26.0 Å². The van der Waals surface area contributed by atoms with Crippen molar-refractivity contribution in [2.75, 3.05) is 6.54 Å². The summed E-state index contributed by atoms with van der Waals surface area (Å²) in [6, 6.07) is 7.40. The number of benzene rings is 1. The van der Waals surface area contributed by atoms with E-state index in [9.17, 15) is 9.90 Å². The molecule has 2 unspecified atom stereocenters. The summed E-state index contributed by atoms with van der Waals surface area (Å²) < 4.78 is 1.68. The summed E-state index contributed by atoms with van der Waals surface area (Å²) >= 11 is 0. The Morgan fingerprint density at radius 3 is 2.54 bits per heavy atom. The van der Waals surface area contributed by atoms with Crippen LogP contribution in [0.1, 0.15) is 38.8 Å². The van der Waals surface area contributed by atoms with Gasteiger partial charge in [0.05, 0.1) is 17.8 Å². The zero-order chi connectivity index (χ0) is 17.5. The number of carbonyl (C=O) groups excluding carboxylic acids is 1. The normalized spacial score (nSPS) is 13.5. The van der Waals surface area contributed by atoms with Crippen molar-refractivity contribution in [3.8, 4) is 5.69 Å². The first-order chi connectivity index (χ1) is 11.5. The highest BCUT2D eigenvalue weighted by atomic mass is 16.3. The van der Waals surface area contributed by atoms with Crippen LogP contribution in [-0.4, -0.2) is 38.6 Å². The summed E-state index contributed by atoms with van der Waals surface area (Å²) in [5.41, 5.74) is 1.91. The van der Waals surface area contributed by atoms with Gasteiger partial charge >= 0.3 is 6.03 Å². The minimum Gasteiger partial charge on any atom is -0.393 e. The van der Waals surface area contributed by atoms with Gasteiger partial charge in [0.2, 0.25) is 0 Å². The number of nitrogens with one attached hydrogen (secondary N) is 2. The van der Waals surface area contributed by atoms with E-state index in [1.165, 1.54) is 6.33 Å². The number of hydrogen-bond acceptors (Lipinski definition) is 4. The van der Waals surface area contributed by atoms with Crippen LogP contribution in [0.5, 0.6) is 0 Å². The van der Waals surface area contributed by atoms with E-state index < -0.39 is 6.10 Å². The smallest absolute Gasteiger partial charge is 0.315 e. The van der Waals surface area contributed by atoms with Gasteiger partial charge in [-0.05, 0) is 37.0 Å². The molecule has 0 saturated carbocycles. The Hall–Kier alpha value is -2.41. The molecule has 2 rings (SSSR count). The first-order valence-corrected chi connectivity index (χ1v) is 8.14. The fourth-order valence-corrected chi connectivity index (χ4v) is 2.26. The second-order valence-corrected chi connectivity index (χ2v) is 6.15. The van der Waals surface area contributed by atoms with Crippen LogP contribution in [0, 0.1) is 5.92 Å². The molecule has 2 atom stereocenters. The maximum absolute atomic E-state index is 11.9. The van der Waals surface area contributed by atoms with Crippen LogP contribution < -0.4 is 10.6 Å². The second kappa shape index (κ2) is 8.44. The van der Waals surface area contributed by atoms with Crippen LogP contribution in [0.4, 0.5) is 4.79 Å². The SMILES string of the molecule is CC(NC(=O)NCCC(O)C(C)C)c1ccc(-n2cncn2)cc1. The lowest BCUT2D eigenvalue weighted by Crippen LogP contribution is -2.38. The van der Waals surface area contributed by atoms with Gasteiger partial charge in [0, 0.05) is 6.54 Å². The standard InChI is InChI=1S/C17H25N5O2/c1-12(2)16(23)8-9-19-17(24)21-13(3)14-4-6-15(7-5-14)22-11-18-10-20-22/h4-7,10-13,16,23H,8-9H2,1-3H3,(H2,19,21,24). The molecule has 0 aliphatic carbocycles. The molecule has 1 aromatic heterocycles. The molecule has 0 aliphatic heterocycles. The highest BCUT2D eigenvalue weighted by Gasteiger charge is 2.12. The van der Waals surface area contributed by atoms with E-state index in [1.807, 2.05) is 45.0 Å². The average Bonchev–Trinajstić information content (AvgIpc) is 3.09. The quantitative estimate of drug-likeness (QED) is 0.724. The maximum Gasteiger partial charge on any atom is 0.315 e. The largest absolute Gasteiger partial charge is 0.393 e. The first-order valence-electron chi connectivity index (χ1n) is 8.14. The maximum atomic E-state index is 11.9. The second-order valence-electron chi connectivity index (χ2n) is 6.15. The molecule has 7 heteroatoms. The molecule has 1 heterocycles. The van der Waals surface area contributed by atoms with Crippen molar-refractivity contribution in [3.63, 3.8) is 0 Å². The molecule has 1 aromatic carbocycles. The minimum atomic E-state index is -0.396. The van der Waals surface area contributed by atoms with E-state index in [2.05, 4.69) is 20.7 Å². The van der Waals surface area contributed by atoms with E-state index in [-0.39, 0.29) is 18.0 Å². The zero-order valence-electron chi connectivity index (χ0n) is 14.3. The molecule has 3 N–H and O–H groups in total. The van der Waals surface area contributed by atoms with Crippen LogP contribution in [0.3, 0.4) is 0 Å². The fraction of sp³-hybridized carbons (Fsp3) is 0.471. The van der Waals surface area contributed by atoms with Crippen molar-refractivity contribution in [3.05, 3.63) is 42.5 Å². The van der Waals surface area contributed by atoms with E-state index in [1.54, 1.807) is 11.0 Å². The van der Waals surface area contributed by atoms with Gasteiger partial charge in [-0.15, -0.1) is 0 Å². The summed E-state index contributed by atoms with van der Waals surface area (Å²) in [5.74, 6) is 0.192. The Morgan fingerprint density at radius 2 is 1.96 bits per heavy atom. The number of urea groups is 1. The van der Waals surface area contributed by atoms with Crippen molar-refractivity contribution in [2.24, 2.45) is 5.92 Å². The monoisotopic (exact) mass is 331 g/mol. The number of aliphatic hydroxyl groups excluding tert-OH is 1. The van der Waals surface area contributed by atoms with Gasteiger partial charge in [0.1, 0.15) is 12.7 Å². The molecule has 2 aromatic rings. The molecule has 0 saturated heterocycles. The van der Waals surface area contributed by atoms with Crippen LogP contribution in [0.15, 0.2) is 36.9 Å². The number of nitrogens with zero attached hydrogens (tertiary/aromatic N) is 3. The summed E-state index contributed by atoms with van der Waals surface area (Å²) in [7, 11) is 0. The van der Waals surface area contributed by atoms with Crippen molar-refractivity contribution < 1.29 is 9.90 Å². The third-order valence-corrected chi connectivity index (χ3v) is 3.92. The van der Waals surface area contributed by atoms with Crippen molar-refractivity contribution in [1.29, 1.82) is 0 Å². The minimum absolute atomic E-state index is 0.121. The highest BCUT2D eigenvalue weighted by Crippen LogP contribution is 2.15. The first kappa shape index (κ1) is 17.9. The number of aromatic nitrogens is 3. The number of rotatable bonds is 7. The molecule has 0 fully saturated rings. The molecule has 2 amide bonds. The summed E-state index contributed by atoms with van der Waals surface area (Å²) in [5, 5.41) is 19.5. The van der Waals surface area contributed by atoms with E-state index in [0.717, 1.165) is 11.3 Å². The summed E-state index contributed by atoms with van der Waals surface area (Å²) in [6.45, 7) is 6.28. The van der Waals surface area contributed by atoms with Crippen molar-refractivity contribution in [2.45, 2.75) is 39.3 Å². The Labute approximate surface area is 142 Å². The van der Waals surface area contributed by atoms with E-state index in [4.69, 9.17) is 0 Å². The number of hydrogen-bond donors (Lipinski definition) is 3. The molecule has 0 aliphatic rings. The van der Waals surface area contributed by atoms with Crippen LogP contribution >= 0.6 is 0 Å². The molecular formula is C17H25N5O2. The van der Waals surface area contributed by atoms with Gasteiger partial charge in [-0.25, -0.2) is 14.5 Å². The van der Waals surface area contributed by atoms with E-state index in [0.29, 0.717) is 13.0 Å². The van der Waals surface area contributed by atoms with Gasteiger partial charge in [-0.3, -0.25) is 0 Å². The van der Waals surface area contributed by atoms with Crippen LogP contribution in [0.25, 0.3) is 5.69 Å². The molecule has 130 valence electrons. The lowest BCUT2D eigenvalue weighted by molar-refractivity contribution is 0.116. The number of amides is 2. The van der Waals surface area contributed by atoms with Gasteiger partial charge < -0.3 is 15.7 Å². The van der Waals surface area contributed by atoms with Gasteiger partial charge in [0.15, 0.2) is 0 Å². The summed E-state index contributed by atoms with van der Waals surface area (Å²) in [4.78, 5) is 15.8. The third kappa shape index (κ3) is 5.06. The van der Waals surface area contributed by atoms with Crippen molar-refractivity contribution >= 4 is 6.03 Å². The molecule has 24 heavy (non-hydrogen) atoms. The Kier molecular flexibility index (Phi) is 6.31. The Balaban J connectivity index is 1.81. The Morgan fingerprint density at radius 1 is 1.25 bits per heavy atom. The molecule has 7 nitrogen and oxygen atoms in total. The zero-order valence-corrected chi connectivity index (χ0v) is 14.3. The summed E-state index contributed by atoms with van der Waals surface area (Å²) in [6.07, 6.45) is 3.27. The average molecular weight is 331 g/mol. The molecular weight excluding hydrogens is 306 g/mol. The molecule has 0 radical (unpaired) electrons. The van der Waals surface area contributed by atoms with Gasteiger partial charge in [-0.2, -0.15) is 5.10 Å². The Bertz CT molecular complexity index is 625. The molecule has 0 bridgehead atoms. The van der Waals surface area contributed by atoms with Crippen LogP contribution in [-0.2, 0) is 0 Å². The lowest BCUT2D eigenvalue weighted by atomic mass is 10.0. The predicted molar refractivity (Wildman–Crippen MR) is 91.8 cm³/mol. The number of aliphatic hydroxyl groups is 1. The van der Waals surface area contributed by atoms with Crippen LogP contribution in [0.2, 0.25) is 0 Å². The number of carbonyl (C=O) groups is 1. The third-order valence-electron chi connectivity index (χ3n) is 3.92. The predicted octanol–water partition coefficient (Wildman–Crippen LogP) is 2.03. The van der Waals surface area contributed by atoms with Crippen molar-refractivity contribution in [1.82, 2.24) is 25.4 Å². The lowest BCUT2D eigenvalue weighted by Gasteiger charge is -2.17. The fourth-order valence-electron chi connectivity index (χ4n) is 2.26. The molecule has 0 spiro atoms. The van der Waals surface area contributed by atoms with E-state index >= 15 is 0 Å². The van der Waals surface area contributed by atoms with Gasteiger partial charge in [0.25, 0.3) is 0 Å². The topological polar surface area (TPSA) is 92.1 Å². The highest BCUT2D eigenvalue weighted by molar-refractivity contribution is 5.74.